The van der Waals surface area contributed by atoms with Crippen molar-refractivity contribution in [2.75, 3.05) is 0 Å². The van der Waals surface area contributed by atoms with Crippen molar-refractivity contribution in [1.82, 2.24) is 0 Å². The van der Waals surface area contributed by atoms with Crippen molar-refractivity contribution in [3.8, 4) is 0 Å². The Hall–Kier alpha value is -1.53. The molecule has 0 saturated carbocycles. The first kappa shape index (κ1) is 10.5. The molecule has 0 unspecified atom stereocenters. The standard InChI is InChI=1S/C5H5F3N2O2/c6-5(7,8)3(10)1-2(9)4(11)12/h1,9H,10H2,(H,11,12). The van der Waals surface area contributed by atoms with E-state index in [4.69, 9.17) is 10.5 Å². The third-order valence-corrected chi connectivity index (χ3v) is 0.858. The normalized spacial score (nSPS) is 12.8. The molecule has 0 rings (SSSR count). The highest BCUT2D eigenvalue weighted by Crippen LogP contribution is 2.20. The first-order valence-corrected chi connectivity index (χ1v) is 2.61. The second kappa shape index (κ2) is 3.24. The van der Waals surface area contributed by atoms with Gasteiger partial charge in [0.1, 0.15) is 11.4 Å². The van der Waals surface area contributed by atoms with Crippen molar-refractivity contribution in [3.05, 3.63) is 11.8 Å². The van der Waals surface area contributed by atoms with E-state index in [9.17, 15) is 18.0 Å². The van der Waals surface area contributed by atoms with Gasteiger partial charge in [0.15, 0.2) is 0 Å². The van der Waals surface area contributed by atoms with E-state index in [1.165, 1.54) is 0 Å². The highest BCUT2D eigenvalue weighted by molar-refractivity contribution is 6.39. The van der Waals surface area contributed by atoms with Gasteiger partial charge in [-0.25, -0.2) is 4.79 Å². The van der Waals surface area contributed by atoms with Crippen LogP contribution in [-0.4, -0.2) is 23.0 Å². The number of halogens is 3. The zero-order chi connectivity index (χ0) is 9.94. The summed E-state index contributed by atoms with van der Waals surface area (Å²) < 4.78 is 34.8. The van der Waals surface area contributed by atoms with Crippen LogP contribution in [0.2, 0.25) is 0 Å². The lowest BCUT2D eigenvalue weighted by atomic mass is 10.3. The van der Waals surface area contributed by atoms with E-state index >= 15 is 0 Å². The molecule has 7 heteroatoms. The summed E-state index contributed by atoms with van der Waals surface area (Å²) in [5.41, 5.74) is 1.62. The molecule has 0 aromatic heterocycles. The molecule has 4 N–H and O–H groups in total. The average Bonchev–Trinajstić information content (AvgIpc) is 1.85. The largest absolute Gasteiger partial charge is 0.477 e. The van der Waals surface area contributed by atoms with Gasteiger partial charge in [-0.05, 0) is 6.08 Å². The number of carbonyl (C=O) groups is 1. The van der Waals surface area contributed by atoms with E-state index in [0.717, 1.165) is 0 Å². The quantitative estimate of drug-likeness (QED) is 0.543. The Bertz CT molecular complexity index is 244. The fraction of sp³-hybridized carbons (Fsp3) is 0.200. The molecule has 12 heavy (non-hydrogen) atoms. The number of carboxylic acid groups (broad SMARTS) is 1. The molecule has 0 aliphatic rings. The van der Waals surface area contributed by atoms with Crippen LogP contribution in [0.15, 0.2) is 11.8 Å². The number of hydrogen-bond donors (Lipinski definition) is 3. The Balaban J connectivity index is 4.59. The van der Waals surface area contributed by atoms with Crippen molar-refractivity contribution in [2.45, 2.75) is 6.18 Å². The summed E-state index contributed by atoms with van der Waals surface area (Å²) >= 11 is 0. The Kier molecular flexibility index (Phi) is 2.83. The summed E-state index contributed by atoms with van der Waals surface area (Å²) in [6, 6.07) is 0. The number of nitrogens with two attached hydrogens (primary N) is 1. The van der Waals surface area contributed by atoms with Gasteiger partial charge in [0.05, 0.1) is 0 Å². The van der Waals surface area contributed by atoms with Crippen molar-refractivity contribution < 1.29 is 23.1 Å². The topological polar surface area (TPSA) is 87.2 Å². The highest BCUT2D eigenvalue weighted by Gasteiger charge is 2.31. The maximum absolute atomic E-state index is 11.6. The third-order valence-electron chi connectivity index (χ3n) is 0.858. The summed E-state index contributed by atoms with van der Waals surface area (Å²) in [5.74, 6) is -1.76. The van der Waals surface area contributed by atoms with Gasteiger partial charge in [-0.2, -0.15) is 13.2 Å². The molecule has 0 radical (unpaired) electrons. The minimum atomic E-state index is -4.79. The molecule has 0 fully saturated rings. The van der Waals surface area contributed by atoms with Crippen molar-refractivity contribution >= 4 is 11.7 Å². The molecular weight excluding hydrogens is 177 g/mol. The molecule has 0 heterocycles. The Labute approximate surface area is 65.0 Å². The van der Waals surface area contributed by atoms with E-state index in [1.807, 2.05) is 0 Å². The van der Waals surface area contributed by atoms with Crippen LogP contribution in [0.5, 0.6) is 0 Å². The molecule has 4 nitrogen and oxygen atoms in total. The summed E-state index contributed by atoms with van der Waals surface area (Å²) in [4.78, 5) is 9.87. The van der Waals surface area contributed by atoms with Gasteiger partial charge in [0.2, 0.25) is 0 Å². The second-order valence-electron chi connectivity index (χ2n) is 1.82. The number of aliphatic carboxylic acids is 1. The van der Waals surface area contributed by atoms with Crippen LogP contribution < -0.4 is 5.73 Å². The third kappa shape index (κ3) is 3.04. The lowest BCUT2D eigenvalue weighted by Crippen LogP contribution is -2.22. The van der Waals surface area contributed by atoms with Crippen molar-refractivity contribution in [1.29, 1.82) is 5.41 Å². The highest BCUT2D eigenvalue weighted by atomic mass is 19.4. The SMILES string of the molecule is N=C(C=C(N)C(F)(F)F)C(=O)O. The van der Waals surface area contributed by atoms with Gasteiger partial charge >= 0.3 is 12.1 Å². The van der Waals surface area contributed by atoms with Crippen LogP contribution in [0.25, 0.3) is 0 Å². The Morgan fingerprint density at radius 3 is 2.17 bits per heavy atom. The monoisotopic (exact) mass is 182 g/mol. The molecule has 0 spiro atoms. The first-order valence-electron chi connectivity index (χ1n) is 2.61. The van der Waals surface area contributed by atoms with E-state index in [0.29, 0.717) is 0 Å². The molecule has 0 aliphatic heterocycles. The summed E-state index contributed by atoms with van der Waals surface area (Å²) in [6.07, 6.45) is -4.75. The minimum Gasteiger partial charge on any atom is -0.477 e. The number of nitrogens with one attached hydrogen (secondary N) is 1. The molecule has 0 saturated heterocycles. The molecule has 0 amide bonds. The number of allylic oxidation sites excluding steroid dienone is 1. The van der Waals surface area contributed by atoms with Gasteiger partial charge in [0, 0.05) is 0 Å². The molecule has 68 valence electrons. The van der Waals surface area contributed by atoms with Crippen LogP contribution in [0, 0.1) is 5.41 Å². The van der Waals surface area contributed by atoms with Crippen molar-refractivity contribution in [3.63, 3.8) is 0 Å². The van der Waals surface area contributed by atoms with Gasteiger partial charge in [-0.3, -0.25) is 5.41 Å². The molecule has 0 atom stereocenters. The van der Waals surface area contributed by atoms with Crippen LogP contribution in [0.3, 0.4) is 0 Å². The zero-order valence-electron chi connectivity index (χ0n) is 5.64. The van der Waals surface area contributed by atoms with E-state index in [1.54, 1.807) is 0 Å². The maximum Gasteiger partial charge on any atom is 0.430 e. The van der Waals surface area contributed by atoms with Gasteiger partial charge in [-0.1, -0.05) is 0 Å². The Morgan fingerprint density at radius 2 is 1.92 bits per heavy atom. The fourth-order valence-corrected chi connectivity index (χ4v) is 0.299. The first-order chi connectivity index (χ1) is 5.25. The molecule has 0 bridgehead atoms. The van der Waals surface area contributed by atoms with Crippen LogP contribution in [0.4, 0.5) is 13.2 Å². The molecule has 0 aliphatic carbocycles. The smallest absolute Gasteiger partial charge is 0.430 e. The fourth-order valence-electron chi connectivity index (χ4n) is 0.299. The van der Waals surface area contributed by atoms with E-state index in [-0.39, 0.29) is 6.08 Å². The average molecular weight is 182 g/mol. The van der Waals surface area contributed by atoms with Gasteiger partial charge in [0.25, 0.3) is 0 Å². The number of carboxylic acids is 1. The van der Waals surface area contributed by atoms with Crippen molar-refractivity contribution in [2.24, 2.45) is 5.73 Å². The molecule has 0 aromatic carbocycles. The molecule has 0 aromatic rings. The maximum atomic E-state index is 11.6. The van der Waals surface area contributed by atoms with Crippen LogP contribution >= 0.6 is 0 Å². The second-order valence-corrected chi connectivity index (χ2v) is 1.82. The summed E-state index contributed by atoms with van der Waals surface area (Å²) in [7, 11) is 0. The predicted octanol–water partition coefficient (Wildman–Crippen LogP) is 0.496. The lowest BCUT2D eigenvalue weighted by Gasteiger charge is -2.04. The molecular formula is C5H5F3N2O2. The van der Waals surface area contributed by atoms with Crippen LogP contribution in [0.1, 0.15) is 0 Å². The predicted molar refractivity (Wildman–Crippen MR) is 33.7 cm³/mol. The van der Waals surface area contributed by atoms with E-state index < -0.39 is 23.6 Å². The minimum absolute atomic E-state index is 0.0440. The lowest BCUT2D eigenvalue weighted by molar-refractivity contribution is -0.129. The summed E-state index contributed by atoms with van der Waals surface area (Å²) in [5, 5.41) is 14.5. The zero-order valence-corrected chi connectivity index (χ0v) is 5.64. The van der Waals surface area contributed by atoms with Gasteiger partial charge < -0.3 is 10.8 Å². The van der Waals surface area contributed by atoms with Gasteiger partial charge in [-0.15, -0.1) is 0 Å². The number of alkyl halides is 3. The number of hydrogen-bond acceptors (Lipinski definition) is 3. The van der Waals surface area contributed by atoms with Crippen LogP contribution in [-0.2, 0) is 4.79 Å². The van der Waals surface area contributed by atoms with E-state index in [2.05, 4.69) is 5.73 Å². The summed E-state index contributed by atoms with van der Waals surface area (Å²) in [6.45, 7) is 0. The number of rotatable bonds is 2. The Morgan fingerprint density at radius 1 is 1.50 bits per heavy atom.